The highest BCUT2D eigenvalue weighted by Crippen LogP contribution is 2.17. The summed E-state index contributed by atoms with van der Waals surface area (Å²) >= 11 is 0. The lowest BCUT2D eigenvalue weighted by molar-refractivity contribution is 0.162. The summed E-state index contributed by atoms with van der Waals surface area (Å²) in [6.45, 7) is 1.54. The molecule has 0 aliphatic carbocycles. The molecule has 0 saturated carbocycles. The van der Waals surface area contributed by atoms with Crippen LogP contribution in [0.5, 0.6) is 11.5 Å². The summed E-state index contributed by atoms with van der Waals surface area (Å²) in [5.74, 6) is 1.25. The molecule has 0 bridgehead atoms. The van der Waals surface area contributed by atoms with E-state index in [9.17, 15) is 4.79 Å². The normalized spacial score (nSPS) is 9.94. The van der Waals surface area contributed by atoms with Crippen molar-refractivity contribution in [3.8, 4) is 11.5 Å². The molecule has 0 aliphatic rings. The molecule has 0 spiro atoms. The maximum atomic E-state index is 11.7. The molecule has 5 nitrogen and oxygen atoms in total. The number of hydrogen-bond acceptors (Lipinski definition) is 4. The van der Waals surface area contributed by atoms with E-state index in [1.54, 1.807) is 43.3 Å². The summed E-state index contributed by atoms with van der Waals surface area (Å²) in [6.07, 6.45) is 0.543. The number of hydrogen-bond donors (Lipinski definition) is 1. The monoisotopic (exact) mass is 252 g/mol. The summed E-state index contributed by atoms with van der Waals surface area (Å²) in [5, 5.41) is 3.03. The maximum absolute atomic E-state index is 11.7. The van der Waals surface area contributed by atoms with E-state index in [4.69, 9.17) is 9.47 Å². The molecule has 5 heteroatoms. The Kier molecular flexibility index (Phi) is 6.00. The number of carbonyl (C=O) groups excluding carboxylic acids is 1. The molecule has 1 rings (SSSR count). The third kappa shape index (κ3) is 4.63. The van der Waals surface area contributed by atoms with E-state index in [0.29, 0.717) is 12.3 Å². The summed E-state index contributed by atoms with van der Waals surface area (Å²) in [6, 6.07) is 6.92. The highest BCUT2D eigenvalue weighted by atomic mass is 16.6. The topological polar surface area (TPSA) is 50.8 Å². The van der Waals surface area contributed by atoms with E-state index < -0.39 is 0 Å². The number of rotatable bonds is 6. The van der Waals surface area contributed by atoms with Crippen LogP contribution in [0.1, 0.15) is 6.42 Å². The fraction of sp³-hybridized carbons (Fsp3) is 0.462. The fourth-order valence-electron chi connectivity index (χ4n) is 1.41. The summed E-state index contributed by atoms with van der Waals surface area (Å²) in [7, 11) is 5.20. The van der Waals surface area contributed by atoms with Crippen molar-refractivity contribution in [1.29, 1.82) is 0 Å². The molecule has 1 N–H and O–H groups in total. The van der Waals surface area contributed by atoms with E-state index in [2.05, 4.69) is 5.32 Å². The first-order valence-electron chi connectivity index (χ1n) is 5.89. The van der Waals surface area contributed by atoms with E-state index >= 15 is 0 Å². The molecule has 0 unspecified atom stereocenters. The van der Waals surface area contributed by atoms with Crippen LogP contribution in [0.2, 0.25) is 0 Å². The Morgan fingerprint density at radius 3 is 2.44 bits per heavy atom. The highest BCUT2D eigenvalue weighted by Gasteiger charge is 2.10. The van der Waals surface area contributed by atoms with Crippen molar-refractivity contribution in [2.45, 2.75) is 6.42 Å². The minimum Gasteiger partial charge on any atom is -0.497 e. The van der Waals surface area contributed by atoms with E-state index in [-0.39, 0.29) is 6.09 Å². The van der Waals surface area contributed by atoms with Crippen molar-refractivity contribution >= 4 is 6.09 Å². The quantitative estimate of drug-likeness (QED) is 0.783. The summed E-state index contributed by atoms with van der Waals surface area (Å²) < 4.78 is 10.2. The van der Waals surface area contributed by atoms with Crippen LogP contribution in [0.25, 0.3) is 0 Å². The van der Waals surface area contributed by atoms with Crippen LogP contribution in [-0.2, 0) is 0 Å². The van der Waals surface area contributed by atoms with Crippen LogP contribution >= 0.6 is 0 Å². The fourth-order valence-corrected chi connectivity index (χ4v) is 1.41. The van der Waals surface area contributed by atoms with Crippen LogP contribution < -0.4 is 14.8 Å². The zero-order valence-corrected chi connectivity index (χ0v) is 11.1. The van der Waals surface area contributed by atoms with Crippen LogP contribution in [-0.4, -0.2) is 45.3 Å². The average molecular weight is 252 g/mol. The van der Waals surface area contributed by atoms with Crippen LogP contribution in [0.15, 0.2) is 24.3 Å². The second kappa shape index (κ2) is 7.55. The molecule has 0 heterocycles. The van der Waals surface area contributed by atoms with Gasteiger partial charge in [0.1, 0.15) is 11.5 Å². The number of methoxy groups -OCH3 is 1. The SMILES string of the molecule is CNCCCN(C)C(=O)Oc1ccc(OC)cc1. The lowest BCUT2D eigenvalue weighted by Gasteiger charge is -2.16. The van der Waals surface area contributed by atoms with Gasteiger partial charge in [0.05, 0.1) is 7.11 Å². The molecule has 1 aromatic rings. The second-order valence-corrected chi connectivity index (χ2v) is 3.92. The smallest absolute Gasteiger partial charge is 0.414 e. The average Bonchev–Trinajstić information content (AvgIpc) is 2.39. The van der Waals surface area contributed by atoms with Gasteiger partial charge in [-0.2, -0.15) is 0 Å². The van der Waals surface area contributed by atoms with Crippen LogP contribution in [0.3, 0.4) is 0 Å². The molecule has 100 valence electrons. The van der Waals surface area contributed by atoms with Gasteiger partial charge >= 0.3 is 6.09 Å². The van der Waals surface area contributed by atoms with Gasteiger partial charge in [0.15, 0.2) is 0 Å². The van der Waals surface area contributed by atoms with Crippen molar-refractivity contribution < 1.29 is 14.3 Å². The molecule has 0 radical (unpaired) electrons. The van der Waals surface area contributed by atoms with E-state index in [1.807, 2.05) is 7.05 Å². The lowest BCUT2D eigenvalue weighted by atomic mass is 10.3. The third-order valence-corrected chi connectivity index (χ3v) is 2.50. The molecule has 0 fully saturated rings. The van der Waals surface area contributed by atoms with Gasteiger partial charge in [-0.3, -0.25) is 0 Å². The molecular formula is C13H20N2O3. The van der Waals surface area contributed by atoms with Gasteiger partial charge in [-0.05, 0) is 44.3 Å². The zero-order chi connectivity index (χ0) is 13.4. The first kappa shape index (κ1) is 14.3. The van der Waals surface area contributed by atoms with E-state index in [0.717, 1.165) is 18.7 Å². The molecule has 0 aromatic heterocycles. The summed E-state index contributed by atoms with van der Waals surface area (Å²) in [4.78, 5) is 13.3. The number of carbonyl (C=O) groups is 1. The van der Waals surface area contributed by atoms with E-state index in [1.165, 1.54) is 0 Å². The highest BCUT2D eigenvalue weighted by molar-refractivity contribution is 5.70. The Morgan fingerprint density at radius 1 is 1.28 bits per heavy atom. The largest absolute Gasteiger partial charge is 0.497 e. The van der Waals surface area contributed by atoms with Crippen molar-refractivity contribution in [2.75, 3.05) is 34.3 Å². The Labute approximate surface area is 108 Å². The number of benzene rings is 1. The Morgan fingerprint density at radius 2 is 1.89 bits per heavy atom. The molecule has 1 amide bonds. The van der Waals surface area contributed by atoms with Crippen molar-refractivity contribution in [3.63, 3.8) is 0 Å². The van der Waals surface area contributed by atoms with Gasteiger partial charge in [-0.25, -0.2) is 4.79 Å². The van der Waals surface area contributed by atoms with Gasteiger partial charge < -0.3 is 19.7 Å². The Bertz CT molecular complexity index is 365. The molecule has 1 aromatic carbocycles. The number of nitrogens with zero attached hydrogens (tertiary/aromatic N) is 1. The molecule has 0 saturated heterocycles. The molecule has 0 aliphatic heterocycles. The minimum atomic E-state index is -0.351. The molecule has 0 atom stereocenters. The zero-order valence-electron chi connectivity index (χ0n) is 11.1. The Balaban J connectivity index is 2.42. The van der Waals surface area contributed by atoms with Gasteiger partial charge in [-0.1, -0.05) is 0 Å². The molecule has 18 heavy (non-hydrogen) atoms. The Hall–Kier alpha value is -1.75. The van der Waals surface area contributed by atoms with Crippen LogP contribution in [0.4, 0.5) is 4.79 Å². The predicted molar refractivity (Wildman–Crippen MR) is 70.2 cm³/mol. The van der Waals surface area contributed by atoms with Gasteiger partial charge in [0, 0.05) is 13.6 Å². The van der Waals surface area contributed by atoms with Crippen molar-refractivity contribution in [1.82, 2.24) is 10.2 Å². The first-order valence-corrected chi connectivity index (χ1v) is 5.89. The third-order valence-electron chi connectivity index (χ3n) is 2.50. The second-order valence-electron chi connectivity index (χ2n) is 3.92. The maximum Gasteiger partial charge on any atom is 0.414 e. The van der Waals surface area contributed by atoms with Gasteiger partial charge in [-0.15, -0.1) is 0 Å². The summed E-state index contributed by atoms with van der Waals surface area (Å²) in [5.41, 5.74) is 0. The molecular weight excluding hydrogens is 232 g/mol. The number of amides is 1. The van der Waals surface area contributed by atoms with Gasteiger partial charge in [0.25, 0.3) is 0 Å². The van der Waals surface area contributed by atoms with Gasteiger partial charge in [0.2, 0.25) is 0 Å². The van der Waals surface area contributed by atoms with Crippen molar-refractivity contribution in [2.24, 2.45) is 0 Å². The minimum absolute atomic E-state index is 0.351. The van der Waals surface area contributed by atoms with Crippen molar-refractivity contribution in [3.05, 3.63) is 24.3 Å². The number of nitrogens with one attached hydrogen (secondary N) is 1. The first-order chi connectivity index (χ1) is 8.67. The standard InChI is InChI=1S/C13H20N2O3/c1-14-9-4-10-15(2)13(16)18-12-7-5-11(17-3)6-8-12/h5-8,14H,4,9-10H2,1-3H3. The predicted octanol–water partition coefficient (Wildman–Crippen LogP) is 1.74. The number of ether oxygens (including phenoxy) is 2. The lowest BCUT2D eigenvalue weighted by Crippen LogP contribution is -2.31. The van der Waals surface area contributed by atoms with Crippen LogP contribution in [0, 0.1) is 0 Å².